The van der Waals surface area contributed by atoms with Gasteiger partial charge in [-0.25, -0.2) is 4.79 Å². The molecular weight excluding hydrogens is 260 g/mol. The molecule has 0 saturated carbocycles. The lowest BCUT2D eigenvalue weighted by Crippen LogP contribution is -2.35. The van der Waals surface area contributed by atoms with Gasteiger partial charge in [0.15, 0.2) is 5.78 Å². The number of ketones is 1. The molecule has 1 aliphatic rings. The van der Waals surface area contributed by atoms with Crippen LogP contribution in [0.4, 0.5) is 0 Å². The summed E-state index contributed by atoms with van der Waals surface area (Å²) in [5.74, 6) is -2.39. The number of esters is 1. The molecular formula is C15H18O5. The van der Waals surface area contributed by atoms with Gasteiger partial charge in [-0.1, -0.05) is 24.3 Å². The molecule has 0 aromatic rings. The Balaban J connectivity index is 2.86. The van der Waals surface area contributed by atoms with Crippen LogP contribution in [0.1, 0.15) is 6.92 Å². The van der Waals surface area contributed by atoms with Crippen LogP contribution in [0.25, 0.3) is 0 Å². The topological polar surface area (TPSA) is 61.8 Å². The van der Waals surface area contributed by atoms with Crippen molar-refractivity contribution in [2.75, 3.05) is 20.8 Å². The standard InChI is InChI=1S/C15H18O5/c1-4-5-6-7-10-20-15(19-3)9-8-13(16)12(11-15)14(17)18-2/h4-9,11H,10H2,1-3H3/b5-4+,7-6+. The van der Waals surface area contributed by atoms with Crippen LogP contribution in [0.15, 0.2) is 48.1 Å². The Labute approximate surface area is 118 Å². The summed E-state index contributed by atoms with van der Waals surface area (Å²) in [6.45, 7) is 2.17. The molecule has 0 aliphatic heterocycles. The highest BCUT2D eigenvalue weighted by atomic mass is 16.7. The van der Waals surface area contributed by atoms with Gasteiger partial charge in [-0.05, 0) is 25.2 Å². The molecule has 0 amide bonds. The summed E-state index contributed by atoms with van der Waals surface area (Å²) in [5, 5.41) is 0. The highest BCUT2D eigenvalue weighted by molar-refractivity contribution is 6.22. The van der Waals surface area contributed by atoms with Gasteiger partial charge in [0, 0.05) is 7.11 Å². The van der Waals surface area contributed by atoms with Gasteiger partial charge in [0.25, 0.3) is 0 Å². The molecule has 0 N–H and O–H groups in total. The fraction of sp³-hybridized carbons (Fsp3) is 0.333. The average molecular weight is 278 g/mol. The number of hydrogen-bond acceptors (Lipinski definition) is 5. The van der Waals surface area contributed by atoms with Crippen molar-refractivity contribution >= 4 is 11.8 Å². The van der Waals surface area contributed by atoms with E-state index < -0.39 is 17.5 Å². The number of rotatable bonds is 6. The van der Waals surface area contributed by atoms with Crippen LogP contribution in [0, 0.1) is 0 Å². The van der Waals surface area contributed by atoms with Crippen LogP contribution in [-0.2, 0) is 23.8 Å². The van der Waals surface area contributed by atoms with Gasteiger partial charge in [-0.3, -0.25) is 4.79 Å². The lowest BCUT2D eigenvalue weighted by atomic mass is 10.0. The molecule has 5 heteroatoms. The Morgan fingerprint density at radius 2 is 2.10 bits per heavy atom. The Bertz CT molecular complexity index is 484. The van der Waals surface area contributed by atoms with Crippen LogP contribution < -0.4 is 0 Å². The summed E-state index contributed by atoms with van der Waals surface area (Å²) in [6, 6.07) is 0. The zero-order valence-electron chi connectivity index (χ0n) is 11.8. The number of allylic oxidation sites excluding steroid dienone is 4. The van der Waals surface area contributed by atoms with Crippen LogP contribution in [0.3, 0.4) is 0 Å². The Morgan fingerprint density at radius 1 is 1.35 bits per heavy atom. The summed E-state index contributed by atoms with van der Waals surface area (Å²) in [5.41, 5.74) is -0.103. The molecule has 0 aromatic heterocycles. The zero-order valence-corrected chi connectivity index (χ0v) is 11.8. The maximum absolute atomic E-state index is 11.6. The molecule has 0 spiro atoms. The van der Waals surface area contributed by atoms with Crippen LogP contribution in [0.2, 0.25) is 0 Å². The van der Waals surface area contributed by atoms with E-state index in [1.54, 1.807) is 6.08 Å². The van der Waals surface area contributed by atoms with Gasteiger partial charge in [0.2, 0.25) is 5.79 Å². The number of hydrogen-bond donors (Lipinski definition) is 0. The molecule has 108 valence electrons. The quantitative estimate of drug-likeness (QED) is 0.320. The minimum Gasteiger partial charge on any atom is -0.465 e. The lowest BCUT2D eigenvalue weighted by molar-refractivity contribution is -0.151. The van der Waals surface area contributed by atoms with Crippen molar-refractivity contribution < 1.29 is 23.8 Å². The predicted molar refractivity (Wildman–Crippen MR) is 73.9 cm³/mol. The van der Waals surface area contributed by atoms with Crippen molar-refractivity contribution in [2.45, 2.75) is 12.7 Å². The molecule has 5 nitrogen and oxygen atoms in total. The van der Waals surface area contributed by atoms with Crippen molar-refractivity contribution in [3.05, 3.63) is 48.1 Å². The summed E-state index contributed by atoms with van der Waals surface area (Å²) < 4.78 is 15.4. The van der Waals surface area contributed by atoms with Gasteiger partial charge in [0.05, 0.1) is 13.7 Å². The second kappa shape index (κ2) is 7.57. The first-order valence-electron chi connectivity index (χ1n) is 6.10. The molecule has 0 bridgehead atoms. The van der Waals surface area contributed by atoms with Gasteiger partial charge in [-0.2, -0.15) is 0 Å². The van der Waals surface area contributed by atoms with Crippen molar-refractivity contribution in [1.29, 1.82) is 0 Å². The number of ether oxygens (including phenoxy) is 3. The van der Waals surface area contributed by atoms with Crippen LogP contribution >= 0.6 is 0 Å². The normalized spacial score (nSPS) is 22.6. The number of methoxy groups -OCH3 is 2. The highest BCUT2D eigenvalue weighted by Crippen LogP contribution is 2.24. The van der Waals surface area contributed by atoms with E-state index in [1.807, 2.05) is 25.2 Å². The summed E-state index contributed by atoms with van der Waals surface area (Å²) in [6.07, 6.45) is 11.4. The van der Waals surface area contributed by atoms with E-state index in [0.29, 0.717) is 0 Å². The Morgan fingerprint density at radius 3 is 2.70 bits per heavy atom. The molecule has 0 radical (unpaired) electrons. The molecule has 1 atom stereocenters. The van der Waals surface area contributed by atoms with Crippen molar-refractivity contribution in [1.82, 2.24) is 0 Å². The highest BCUT2D eigenvalue weighted by Gasteiger charge is 2.33. The second-order valence-electron chi connectivity index (χ2n) is 3.94. The van der Waals surface area contributed by atoms with Gasteiger partial charge in [-0.15, -0.1) is 0 Å². The summed E-state index contributed by atoms with van der Waals surface area (Å²) in [4.78, 5) is 23.1. The molecule has 0 fully saturated rings. The third kappa shape index (κ3) is 4.01. The Hall–Kier alpha value is -1.98. The van der Waals surface area contributed by atoms with E-state index in [2.05, 4.69) is 4.74 Å². The largest absolute Gasteiger partial charge is 0.465 e. The van der Waals surface area contributed by atoms with Gasteiger partial charge < -0.3 is 14.2 Å². The van der Waals surface area contributed by atoms with E-state index in [4.69, 9.17) is 9.47 Å². The summed E-state index contributed by atoms with van der Waals surface area (Å²) >= 11 is 0. The zero-order chi connectivity index (χ0) is 15.0. The molecule has 1 rings (SSSR count). The lowest BCUT2D eigenvalue weighted by Gasteiger charge is -2.28. The van der Waals surface area contributed by atoms with Crippen LogP contribution in [0.5, 0.6) is 0 Å². The first-order valence-corrected chi connectivity index (χ1v) is 6.10. The minimum atomic E-state index is -1.24. The minimum absolute atomic E-state index is 0.103. The molecule has 1 aliphatic carbocycles. The fourth-order valence-electron chi connectivity index (χ4n) is 1.57. The number of carbonyl (C=O) groups excluding carboxylic acids is 2. The first kappa shape index (κ1) is 16.1. The third-order valence-electron chi connectivity index (χ3n) is 2.65. The monoisotopic (exact) mass is 278 g/mol. The van der Waals surface area contributed by atoms with Crippen LogP contribution in [-0.4, -0.2) is 38.4 Å². The molecule has 0 aromatic carbocycles. The molecule has 1 unspecified atom stereocenters. The maximum Gasteiger partial charge on any atom is 0.341 e. The maximum atomic E-state index is 11.6. The van der Waals surface area contributed by atoms with E-state index in [9.17, 15) is 9.59 Å². The second-order valence-corrected chi connectivity index (χ2v) is 3.94. The number of carbonyl (C=O) groups is 2. The fourth-order valence-corrected chi connectivity index (χ4v) is 1.57. The van der Waals surface area contributed by atoms with Gasteiger partial charge in [0.1, 0.15) is 5.57 Å². The van der Waals surface area contributed by atoms with Crippen molar-refractivity contribution in [2.24, 2.45) is 0 Å². The average Bonchev–Trinajstić information content (AvgIpc) is 2.48. The van der Waals surface area contributed by atoms with E-state index >= 15 is 0 Å². The van der Waals surface area contributed by atoms with Gasteiger partial charge >= 0.3 is 5.97 Å². The SMILES string of the molecule is C/C=C/C=C/COC1(OC)C=CC(=O)C(C(=O)OC)=C1. The molecule has 0 saturated heterocycles. The van der Waals surface area contributed by atoms with E-state index in [1.165, 1.54) is 32.4 Å². The van der Waals surface area contributed by atoms with E-state index in [-0.39, 0.29) is 12.2 Å². The predicted octanol–water partition coefficient (Wildman–Crippen LogP) is 1.72. The Kier molecular flexibility index (Phi) is 6.09. The van der Waals surface area contributed by atoms with Crippen molar-refractivity contribution in [3.63, 3.8) is 0 Å². The molecule has 0 heterocycles. The summed E-state index contributed by atoms with van der Waals surface area (Å²) in [7, 11) is 2.64. The van der Waals surface area contributed by atoms with E-state index in [0.717, 1.165) is 0 Å². The van der Waals surface area contributed by atoms with Crippen molar-refractivity contribution in [3.8, 4) is 0 Å². The smallest absolute Gasteiger partial charge is 0.341 e. The third-order valence-corrected chi connectivity index (χ3v) is 2.65. The molecule has 20 heavy (non-hydrogen) atoms. The first-order chi connectivity index (χ1) is 9.58.